The molecule has 0 bridgehead atoms. The van der Waals surface area contributed by atoms with Gasteiger partial charge in [0.15, 0.2) is 0 Å². The van der Waals surface area contributed by atoms with E-state index in [4.69, 9.17) is 5.11 Å². The summed E-state index contributed by atoms with van der Waals surface area (Å²) in [6.07, 6.45) is 0.604. The van der Waals surface area contributed by atoms with Crippen molar-refractivity contribution in [2.24, 2.45) is 0 Å². The molecule has 0 radical (unpaired) electrons. The summed E-state index contributed by atoms with van der Waals surface area (Å²) >= 11 is 0. The van der Waals surface area contributed by atoms with Gasteiger partial charge in [-0.1, -0.05) is 6.07 Å². The van der Waals surface area contributed by atoms with E-state index in [0.717, 1.165) is 11.3 Å². The lowest BCUT2D eigenvalue weighted by Crippen LogP contribution is -2.32. The van der Waals surface area contributed by atoms with Crippen molar-refractivity contribution >= 4 is 17.3 Å². The molecule has 0 saturated carbocycles. The molecule has 0 amide bonds. The van der Waals surface area contributed by atoms with Crippen molar-refractivity contribution in [1.82, 2.24) is 0 Å². The quantitative estimate of drug-likeness (QED) is 0.613. The molecule has 0 aliphatic heterocycles. The van der Waals surface area contributed by atoms with Gasteiger partial charge in [0, 0.05) is 36.8 Å². The molecule has 110 valence electrons. The molecule has 0 aliphatic carbocycles. The van der Waals surface area contributed by atoms with Gasteiger partial charge in [-0.05, 0) is 32.8 Å². The summed E-state index contributed by atoms with van der Waals surface area (Å²) in [6.45, 7) is 6.43. The van der Waals surface area contributed by atoms with Crippen LogP contribution in [0.1, 0.15) is 32.3 Å². The van der Waals surface area contributed by atoms with E-state index in [1.54, 1.807) is 12.1 Å². The van der Waals surface area contributed by atoms with Crippen LogP contribution in [0.15, 0.2) is 18.2 Å². The van der Waals surface area contributed by atoms with E-state index in [2.05, 4.69) is 0 Å². The molecule has 0 atom stereocenters. The molecule has 0 heterocycles. The number of nitrogens with zero attached hydrogens (tertiary/aromatic N) is 2. The van der Waals surface area contributed by atoms with Crippen LogP contribution < -0.4 is 4.90 Å². The van der Waals surface area contributed by atoms with Crippen molar-refractivity contribution in [1.29, 1.82) is 0 Å². The Hall–Kier alpha value is -2.11. The highest BCUT2D eigenvalue weighted by Gasteiger charge is 2.17. The molecule has 1 rings (SSSR count). The van der Waals surface area contributed by atoms with Crippen LogP contribution in [0.25, 0.3) is 0 Å². The van der Waals surface area contributed by atoms with Crippen molar-refractivity contribution in [2.75, 3.05) is 11.4 Å². The highest BCUT2D eigenvalue weighted by Crippen LogP contribution is 2.27. The maximum absolute atomic E-state index is 10.9. The summed E-state index contributed by atoms with van der Waals surface area (Å²) in [5, 5.41) is 19.6. The van der Waals surface area contributed by atoms with Gasteiger partial charge >= 0.3 is 5.97 Å². The Kier molecular flexibility index (Phi) is 5.49. The topological polar surface area (TPSA) is 83.7 Å². The molecule has 6 heteroatoms. The molecule has 0 aliphatic rings. The van der Waals surface area contributed by atoms with Crippen LogP contribution in [-0.4, -0.2) is 28.6 Å². The number of hydrogen-bond donors (Lipinski definition) is 1. The molecule has 0 fully saturated rings. The number of carboxylic acids is 1. The molecule has 6 nitrogen and oxygen atoms in total. The van der Waals surface area contributed by atoms with Gasteiger partial charge in [-0.3, -0.25) is 14.9 Å². The lowest BCUT2D eigenvalue weighted by Gasteiger charge is -2.30. The summed E-state index contributed by atoms with van der Waals surface area (Å²) in [5.41, 5.74) is 1.79. The van der Waals surface area contributed by atoms with Crippen molar-refractivity contribution in [3.8, 4) is 0 Å². The fraction of sp³-hybridized carbons (Fsp3) is 0.500. The molecule has 1 N–H and O–H groups in total. The Morgan fingerprint density at radius 1 is 1.45 bits per heavy atom. The molecule has 0 aromatic heterocycles. The Morgan fingerprint density at radius 2 is 2.10 bits per heavy atom. The first-order valence-electron chi connectivity index (χ1n) is 6.56. The Morgan fingerprint density at radius 3 is 2.60 bits per heavy atom. The van der Waals surface area contributed by atoms with Crippen molar-refractivity contribution in [3.05, 3.63) is 33.9 Å². The van der Waals surface area contributed by atoms with E-state index in [9.17, 15) is 14.9 Å². The lowest BCUT2D eigenvalue weighted by molar-refractivity contribution is -0.384. The van der Waals surface area contributed by atoms with E-state index >= 15 is 0 Å². The molecule has 0 unspecified atom stereocenters. The number of aryl methyl sites for hydroxylation is 1. The highest BCUT2D eigenvalue weighted by atomic mass is 16.6. The number of hydrogen-bond acceptors (Lipinski definition) is 4. The van der Waals surface area contributed by atoms with Gasteiger partial charge in [0.05, 0.1) is 4.92 Å². The first-order valence-corrected chi connectivity index (χ1v) is 6.56. The van der Waals surface area contributed by atoms with E-state index < -0.39 is 10.9 Å². The minimum absolute atomic E-state index is 0.0504. The van der Waals surface area contributed by atoms with Crippen LogP contribution in [0, 0.1) is 17.0 Å². The van der Waals surface area contributed by atoms with Gasteiger partial charge in [-0.2, -0.15) is 0 Å². The predicted molar refractivity (Wildman–Crippen MR) is 77.2 cm³/mol. The van der Waals surface area contributed by atoms with Gasteiger partial charge in [0.25, 0.3) is 5.69 Å². The molecular formula is C14H20N2O4. The Balaban J connectivity index is 2.98. The minimum Gasteiger partial charge on any atom is -0.481 e. The van der Waals surface area contributed by atoms with Crippen molar-refractivity contribution in [3.63, 3.8) is 0 Å². The zero-order valence-electron chi connectivity index (χ0n) is 12.0. The Labute approximate surface area is 118 Å². The maximum Gasteiger partial charge on any atom is 0.303 e. The molecule has 1 aromatic rings. The SMILES string of the molecule is Cc1ccc([N+](=O)[O-])cc1N(CCCC(=O)O)C(C)C. The van der Waals surface area contributed by atoms with E-state index in [1.165, 1.54) is 6.07 Å². The van der Waals surface area contributed by atoms with Crippen molar-refractivity contribution in [2.45, 2.75) is 39.7 Å². The van der Waals surface area contributed by atoms with Gasteiger partial charge in [-0.15, -0.1) is 0 Å². The standard InChI is InChI=1S/C14H20N2O4/c1-10(2)15(8-4-5-14(17)18)13-9-12(16(19)20)7-6-11(13)3/h6-7,9-10H,4-5,8H2,1-3H3,(H,17,18). The van der Waals surface area contributed by atoms with Crippen LogP contribution in [-0.2, 0) is 4.79 Å². The number of anilines is 1. The van der Waals surface area contributed by atoms with E-state index in [0.29, 0.717) is 13.0 Å². The number of nitro benzene ring substituents is 1. The molecule has 0 spiro atoms. The smallest absolute Gasteiger partial charge is 0.303 e. The van der Waals surface area contributed by atoms with Gasteiger partial charge in [0.2, 0.25) is 0 Å². The predicted octanol–water partition coefficient (Wildman–Crippen LogP) is 2.98. The zero-order valence-corrected chi connectivity index (χ0v) is 12.0. The van der Waals surface area contributed by atoms with Crippen LogP contribution >= 0.6 is 0 Å². The minimum atomic E-state index is -0.829. The number of carboxylic acid groups (broad SMARTS) is 1. The van der Waals surface area contributed by atoms with E-state index in [1.807, 2.05) is 25.7 Å². The summed E-state index contributed by atoms with van der Waals surface area (Å²) in [6, 6.07) is 4.90. The first-order chi connectivity index (χ1) is 9.32. The molecule has 0 saturated heterocycles. The third-order valence-electron chi connectivity index (χ3n) is 3.13. The normalized spacial score (nSPS) is 10.6. The van der Waals surface area contributed by atoms with Gasteiger partial charge in [0.1, 0.15) is 0 Å². The van der Waals surface area contributed by atoms with Crippen LogP contribution in [0.5, 0.6) is 0 Å². The second-order valence-electron chi connectivity index (χ2n) is 5.01. The first kappa shape index (κ1) is 15.9. The van der Waals surface area contributed by atoms with Crippen LogP contribution in [0.4, 0.5) is 11.4 Å². The number of aliphatic carboxylic acids is 1. The second-order valence-corrected chi connectivity index (χ2v) is 5.01. The lowest BCUT2D eigenvalue weighted by atomic mass is 10.1. The van der Waals surface area contributed by atoms with Gasteiger partial charge in [-0.25, -0.2) is 0 Å². The number of carbonyl (C=O) groups is 1. The summed E-state index contributed by atoms with van der Waals surface area (Å²) < 4.78 is 0. The largest absolute Gasteiger partial charge is 0.481 e. The number of benzene rings is 1. The van der Waals surface area contributed by atoms with Crippen molar-refractivity contribution < 1.29 is 14.8 Å². The zero-order chi connectivity index (χ0) is 15.3. The Bertz CT molecular complexity index is 500. The van der Waals surface area contributed by atoms with Crippen LogP contribution in [0.3, 0.4) is 0 Å². The third-order valence-corrected chi connectivity index (χ3v) is 3.13. The molecule has 20 heavy (non-hydrogen) atoms. The summed E-state index contributed by atoms with van der Waals surface area (Å²) in [5.74, 6) is -0.829. The fourth-order valence-electron chi connectivity index (χ4n) is 2.08. The van der Waals surface area contributed by atoms with Gasteiger partial charge < -0.3 is 10.0 Å². The van der Waals surface area contributed by atoms with Crippen LogP contribution in [0.2, 0.25) is 0 Å². The maximum atomic E-state index is 10.9. The number of non-ortho nitro benzene ring substituents is 1. The summed E-state index contributed by atoms with van der Waals surface area (Å²) in [4.78, 5) is 23.0. The monoisotopic (exact) mass is 280 g/mol. The third kappa shape index (κ3) is 4.22. The van der Waals surface area contributed by atoms with E-state index in [-0.39, 0.29) is 18.2 Å². The summed E-state index contributed by atoms with van der Waals surface area (Å²) in [7, 11) is 0. The highest BCUT2D eigenvalue weighted by molar-refractivity contribution is 5.66. The fourth-order valence-corrected chi connectivity index (χ4v) is 2.08. The number of rotatable bonds is 7. The molecular weight excluding hydrogens is 260 g/mol. The number of nitro groups is 1. The molecule has 1 aromatic carbocycles. The second kappa shape index (κ2) is 6.88. The average Bonchev–Trinajstić information content (AvgIpc) is 2.34. The average molecular weight is 280 g/mol.